The van der Waals surface area contributed by atoms with Crippen molar-refractivity contribution >= 4 is 17.0 Å². The van der Waals surface area contributed by atoms with Crippen molar-refractivity contribution in [3.8, 4) is 5.75 Å². The molecule has 1 heterocycles. The Morgan fingerprint density at radius 3 is 2.60 bits per heavy atom. The highest BCUT2D eigenvalue weighted by Crippen LogP contribution is 2.29. The van der Waals surface area contributed by atoms with E-state index in [1.807, 2.05) is 6.07 Å². The Kier molecular flexibility index (Phi) is 3.92. The molecule has 0 aliphatic heterocycles. The number of ether oxygens (including phenoxy) is 1. The van der Waals surface area contributed by atoms with Crippen LogP contribution in [0.5, 0.6) is 5.75 Å². The van der Waals surface area contributed by atoms with Crippen molar-refractivity contribution in [2.75, 3.05) is 7.11 Å². The van der Waals surface area contributed by atoms with E-state index in [0.717, 1.165) is 5.39 Å². The third kappa shape index (κ3) is 2.89. The molecule has 1 aromatic carbocycles. The Morgan fingerprint density at radius 1 is 1.25 bits per heavy atom. The molecule has 0 atom stereocenters. The summed E-state index contributed by atoms with van der Waals surface area (Å²) in [5.74, 6) is 0.567. The van der Waals surface area contributed by atoms with Gasteiger partial charge in [-0.05, 0) is 44.2 Å². The summed E-state index contributed by atoms with van der Waals surface area (Å²) in [5.41, 5.74) is -0.241. The summed E-state index contributed by atoms with van der Waals surface area (Å²) in [7, 11) is 1.53. The summed E-state index contributed by atoms with van der Waals surface area (Å²) in [6, 6.07) is 6.64. The lowest BCUT2D eigenvalue weighted by molar-refractivity contribution is -0.296. The summed E-state index contributed by atoms with van der Waals surface area (Å²) in [4.78, 5) is 15.7. The minimum absolute atomic E-state index is 0.432. The standard InChI is InChI=1S/C15H16O5/c1-15(2,20-17)9-8-11-12(18-3)6-4-10-5-7-13(16)19-14(10)11/h4-9,17H,1-3H3/b9-8+. The summed E-state index contributed by atoms with van der Waals surface area (Å²) >= 11 is 0. The normalized spacial score (nSPS) is 12.2. The molecule has 2 aromatic rings. The predicted molar refractivity (Wildman–Crippen MR) is 75.9 cm³/mol. The van der Waals surface area contributed by atoms with Gasteiger partial charge in [0.1, 0.15) is 16.9 Å². The first-order valence-corrected chi connectivity index (χ1v) is 6.09. The Hall–Kier alpha value is -2.11. The van der Waals surface area contributed by atoms with E-state index >= 15 is 0 Å². The lowest BCUT2D eigenvalue weighted by Gasteiger charge is -2.15. The molecular weight excluding hydrogens is 260 g/mol. The van der Waals surface area contributed by atoms with Crippen molar-refractivity contribution in [3.05, 3.63) is 46.3 Å². The second-order valence-corrected chi connectivity index (χ2v) is 4.88. The molecule has 0 saturated heterocycles. The molecular formula is C15H16O5. The fourth-order valence-corrected chi connectivity index (χ4v) is 1.79. The number of hydrogen-bond acceptors (Lipinski definition) is 5. The predicted octanol–water partition coefficient (Wildman–Crippen LogP) is 3.08. The van der Waals surface area contributed by atoms with Crippen molar-refractivity contribution in [3.63, 3.8) is 0 Å². The molecule has 0 saturated carbocycles. The van der Waals surface area contributed by atoms with Crippen LogP contribution in [0.2, 0.25) is 0 Å². The SMILES string of the molecule is COc1ccc2ccc(=O)oc2c1/C=C/C(C)(C)OO. The van der Waals surface area contributed by atoms with E-state index in [0.29, 0.717) is 16.9 Å². The Labute approximate surface area is 116 Å². The average Bonchev–Trinajstić information content (AvgIpc) is 2.44. The minimum Gasteiger partial charge on any atom is -0.496 e. The van der Waals surface area contributed by atoms with Crippen molar-refractivity contribution < 1.29 is 19.3 Å². The van der Waals surface area contributed by atoms with E-state index < -0.39 is 11.2 Å². The molecule has 20 heavy (non-hydrogen) atoms. The molecule has 5 nitrogen and oxygen atoms in total. The molecule has 0 unspecified atom stereocenters. The van der Waals surface area contributed by atoms with Crippen molar-refractivity contribution in [1.29, 1.82) is 0 Å². The van der Waals surface area contributed by atoms with Gasteiger partial charge >= 0.3 is 5.63 Å². The maximum absolute atomic E-state index is 11.4. The van der Waals surface area contributed by atoms with Gasteiger partial charge in [-0.3, -0.25) is 5.26 Å². The van der Waals surface area contributed by atoms with Crippen LogP contribution in [0, 0.1) is 0 Å². The molecule has 0 bridgehead atoms. The van der Waals surface area contributed by atoms with Crippen LogP contribution in [-0.2, 0) is 4.89 Å². The van der Waals surface area contributed by atoms with Gasteiger partial charge in [0.15, 0.2) is 0 Å². The molecule has 106 valence electrons. The Balaban J connectivity index is 2.65. The van der Waals surface area contributed by atoms with Crippen molar-refractivity contribution in [1.82, 2.24) is 0 Å². The fourth-order valence-electron chi connectivity index (χ4n) is 1.79. The van der Waals surface area contributed by atoms with Crippen LogP contribution in [-0.4, -0.2) is 18.0 Å². The monoisotopic (exact) mass is 276 g/mol. The van der Waals surface area contributed by atoms with E-state index in [1.165, 1.54) is 13.2 Å². The van der Waals surface area contributed by atoms with Gasteiger partial charge < -0.3 is 9.15 Å². The lowest BCUT2D eigenvalue weighted by Crippen LogP contribution is -2.18. The van der Waals surface area contributed by atoms with Crippen molar-refractivity contribution in [2.45, 2.75) is 19.4 Å². The first-order valence-electron chi connectivity index (χ1n) is 6.09. The smallest absolute Gasteiger partial charge is 0.336 e. The number of fused-ring (bicyclic) bond motifs is 1. The highest BCUT2D eigenvalue weighted by molar-refractivity contribution is 5.88. The number of rotatable bonds is 4. The highest BCUT2D eigenvalue weighted by Gasteiger charge is 2.15. The van der Waals surface area contributed by atoms with Crippen LogP contribution < -0.4 is 10.4 Å². The number of hydrogen-bond donors (Lipinski definition) is 1. The molecule has 0 fully saturated rings. The molecule has 1 aromatic heterocycles. The third-order valence-electron chi connectivity index (χ3n) is 2.89. The van der Waals surface area contributed by atoms with Gasteiger partial charge in [-0.25, -0.2) is 9.68 Å². The summed E-state index contributed by atoms with van der Waals surface area (Å²) in [6.07, 6.45) is 3.34. The van der Waals surface area contributed by atoms with Crippen LogP contribution in [0.1, 0.15) is 19.4 Å². The molecule has 0 amide bonds. The lowest BCUT2D eigenvalue weighted by atomic mass is 10.0. The van der Waals surface area contributed by atoms with E-state index in [-0.39, 0.29) is 0 Å². The summed E-state index contributed by atoms with van der Waals surface area (Å²) in [5, 5.41) is 9.58. The van der Waals surface area contributed by atoms with Gasteiger partial charge in [0.25, 0.3) is 0 Å². The Morgan fingerprint density at radius 2 is 1.95 bits per heavy atom. The van der Waals surface area contributed by atoms with E-state index in [9.17, 15) is 4.79 Å². The maximum atomic E-state index is 11.4. The molecule has 2 rings (SSSR count). The maximum Gasteiger partial charge on any atom is 0.336 e. The van der Waals surface area contributed by atoms with E-state index in [1.54, 1.807) is 38.1 Å². The summed E-state index contributed by atoms with van der Waals surface area (Å²) in [6.45, 7) is 3.38. The molecule has 0 aliphatic carbocycles. The van der Waals surface area contributed by atoms with Gasteiger partial charge in [0.05, 0.1) is 12.7 Å². The number of methoxy groups -OCH3 is 1. The zero-order valence-corrected chi connectivity index (χ0v) is 11.5. The Bertz CT molecular complexity index is 697. The van der Waals surface area contributed by atoms with Gasteiger partial charge in [0, 0.05) is 11.5 Å². The van der Waals surface area contributed by atoms with Crippen LogP contribution in [0.25, 0.3) is 17.0 Å². The topological polar surface area (TPSA) is 68.9 Å². The average molecular weight is 276 g/mol. The van der Waals surface area contributed by atoms with Crippen LogP contribution in [0.3, 0.4) is 0 Å². The molecule has 5 heteroatoms. The highest BCUT2D eigenvalue weighted by atomic mass is 17.1. The van der Waals surface area contributed by atoms with Gasteiger partial charge in [0.2, 0.25) is 0 Å². The van der Waals surface area contributed by atoms with E-state index in [2.05, 4.69) is 4.89 Å². The molecule has 0 spiro atoms. The summed E-state index contributed by atoms with van der Waals surface area (Å²) < 4.78 is 10.5. The molecule has 0 aliphatic rings. The second-order valence-electron chi connectivity index (χ2n) is 4.88. The van der Waals surface area contributed by atoms with Crippen molar-refractivity contribution in [2.24, 2.45) is 0 Å². The van der Waals surface area contributed by atoms with Gasteiger partial charge in [-0.15, -0.1) is 0 Å². The second kappa shape index (κ2) is 5.48. The first kappa shape index (κ1) is 14.3. The van der Waals surface area contributed by atoms with Crippen LogP contribution in [0.4, 0.5) is 0 Å². The zero-order valence-electron chi connectivity index (χ0n) is 11.5. The largest absolute Gasteiger partial charge is 0.496 e. The third-order valence-corrected chi connectivity index (χ3v) is 2.89. The molecule has 0 radical (unpaired) electrons. The molecule has 1 N–H and O–H groups in total. The van der Waals surface area contributed by atoms with E-state index in [4.69, 9.17) is 14.4 Å². The fraction of sp³-hybridized carbons (Fsp3) is 0.267. The quantitative estimate of drug-likeness (QED) is 0.528. The van der Waals surface area contributed by atoms with Gasteiger partial charge in [-0.2, -0.15) is 0 Å². The van der Waals surface area contributed by atoms with Gasteiger partial charge in [-0.1, -0.05) is 0 Å². The van der Waals surface area contributed by atoms with Crippen LogP contribution in [0.15, 0.2) is 39.6 Å². The minimum atomic E-state index is -0.859. The number of benzene rings is 1. The zero-order chi connectivity index (χ0) is 14.8. The first-order chi connectivity index (χ1) is 9.46. The van der Waals surface area contributed by atoms with Crippen LogP contribution >= 0.6 is 0 Å².